The van der Waals surface area contributed by atoms with E-state index in [4.69, 9.17) is 0 Å². The maximum absolute atomic E-state index is 14.6. The van der Waals surface area contributed by atoms with Gasteiger partial charge in [0.25, 0.3) is 5.91 Å². The largest absolute Gasteiger partial charge is 0.348 e. The molecule has 0 saturated carbocycles. The van der Waals surface area contributed by atoms with Gasteiger partial charge in [0.1, 0.15) is 11.9 Å². The number of nitrogens with one attached hydrogen (secondary N) is 2. The van der Waals surface area contributed by atoms with Crippen LogP contribution in [0, 0.1) is 12.7 Å². The molecule has 2 N–H and O–H groups in total. The van der Waals surface area contributed by atoms with Gasteiger partial charge in [0, 0.05) is 20.8 Å². The molecule has 0 bridgehead atoms. The van der Waals surface area contributed by atoms with Crippen molar-refractivity contribution in [3.05, 3.63) is 28.0 Å². The van der Waals surface area contributed by atoms with Crippen molar-refractivity contribution in [1.29, 1.82) is 0 Å². The van der Waals surface area contributed by atoms with Crippen LogP contribution >= 0.6 is 11.3 Å². The Morgan fingerprint density at radius 1 is 1.42 bits per heavy atom. The van der Waals surface area contributed by atoms with Gasteiger partial charge in [-0.1, -0.05) is 0 Å². The molecule has 4 heterocycles. The fourth-order valence-corrected chi connectivity index (χ4v) is 6.16. The minimum Gasteiger partial charge on any atom is -0.348 e. The number of alkyl halides is 1. The van der Waals surface area contributed by atoms with Gasteiger partial charge in [0.15, 0.2) is 5.82 Å². The molecule has 0 unspecified atom stereocenters. The summed E-state index contributed by atoms with van der Waals surface area (Å²) in [7, 11) is -3.47. The van der Waals surface area contributed by atoms with Crippen LogP contribution in [0.4, 0.5) is 14.7 Å². The van der Waals surface area contributed by atoms with E-state index in [1.54, 1.807) is 6.92 Å². The lowest BCUT2D eigenvalue weighted by atomic mass is 10.0. The Labute approximate surface area is 186 Å². The second-order valence-corrected chi connectivity index (χ2v) is 11.4. The highest BCUT2D eigenvalue weighted by molar-refractivity contribution is 7.88. The number of anilines is 1. The maximum Gasteiger partial charge on any atom is 0.253 e. The highest BCUT2D eigenvalue weighted by Gasteiger charge is 2.40. The quantitative estimate of drug-likeness (QED) is 0.705. The lowest BCUT2D eigenvalue weighted by molar-refractivity contribution is 0.0940. The second kappa shape index (κ2) is 7.45. The van der Waals surface area contributed by atoms with Crippen molar-refractivity contribution in [2.45, 2.75) is 44.9 Å². The van der Waals surface area contributed by atoms with E-state index in [9.17, 15) is 22.0 Å². The van der Waals surface area contributed by atoms with Gasteiger partial charge in [-0.05, 0) is 32.8 Å². The third kappa shape index (κ3) is 3.92. The third-order valence-electron chi connectivity index (χ3n) is 5.61. The molecule has 0 aliphatic carbocycles. The van der Waals surface area contributed by atoms with Crippen LogP contribution in [0.1, 0.15) is 43.9 Å². The second-order valence-electron chi connectivity index (χ2n) is 8.41. The Hall–Kier alpha value is -2.18. The van der Waals surface area contributed by atoms with E-state index in [1.807, 2.05) is 13.8 Å². The Balaban J connectivity index is 0.00000193. The Morgan fingerprint density at radius 3 is 2.74 bits per heavy atom. The molecule has 0 spiro atoms. The van der Waals surface area contributed by atoms with Gasteiger partial charge in [-0.25, -0.2) is 27.2 Å². The van der Waals surface area contributed by atoms with Gasteiger partial charge in [0.05, 0.1) is 34.5 Å². The first-order chi connectivity index (χ1) is 14.4. The molecule has 0 aromatic carbocycles. The van der Waals surface area contributed by atoms with E-state index in [-0.39, 0.29) is 39.9 Å². The Morgan fingerprint density at radius 2 is 2.13 bits per heavy atom. The number of hydrogen-bond donors (Lipinski definition) is 2. The summed E-state index contributed by atoms with van der Waals surface area (Å²) < 4.78 is 53.6. The fourth-order valence-electron chi connectivity index (χ4n) is 3.96. The van der Waals surface area contributed by atoms with Gasteiger partial charge in [-0.3, -0.25) is 4.79 Å². The standard InChI is InChI=1S/C19H23F2N5O3S2.2H2/c1-9-13-16(19(2,3)25-17(13)27)30-15(9)14-10(20)7-22-18(24-14)23-12-5-6-26(8-11(12)21)31(4,28)29;;/h7,11-12H,5-6,8H2,1-4H3,(H,25,27)(H,22,23,24);2*1H/t11-,12+;;/m1../s1. The lowest BCUT2D eigenvalue weighted by Gasteiger charge is -2.33. The van der Waals surface area contributed by atoms with E-state index < -0.39 is 33.6 Å². The molecule has 31 heavy (non-hydrogen) atoms. The molecule has 2 aromatic rings. The molecule has 1 fully saturated rings. The molecule has 12 heteroatoms. The summed E-state index contributed by atoms with van der Waals surface area (Å²) in [6.07, 6.45) is 0.826. The zero-order valence-corrected chi connectivity index (χ0v) is 19.1. The predicted molar refractivity (Wildman–Crippen MR) is 118 cm³/mol. The first kappa shape index (κ1) is 22.0. The number of aromatic nitrogens is 2. The number of rotatable bonds is 4. The maximum atomic E-state index is 14.6. The number of hydrogen-bond acceptors (Lipinski definition) is 7. The number of fused-ring (bicyclic) bond motifs is 1. The molecule has 2 atom stereocenters. The summed E-state index contributed by atoms with van der Waals surface area (Å²) in [5.74, 6) is -0.797. The summed E-state index contributed by atoms with van der Waals surface area (Å²) in [6.45, 7) is 5.42. The number of piperidine rings is 1. The van der Waals surface area contributed by atoms with Crippen LogP contribution in [0.25, 0.3) is 10.6 Å². The van der Waals surface area contributed by atoms with Crippen LogP contribution in [0.2, 0.25) is 0 Å². The predicted octanol–water partition coefficient (Wildman–Crippen LogP) is 2.91. The van der Waals surface area contributed by atoms with Crippen molar-refractivity contribution in [3.8, 4) is 10.6 Å². The first-order valence-electron chi connectivity index (χ1n) is 9.73. The van der Waals surface area contributed by atoms with Crippen LogP contribution in [-0.4, -0.2) is 60.2 Å². The third-order valence-corrected chi connectivity index (χ3v) is 8.51. The van der Waals surface area contributed by atoms with Gasteiger partial charge in [-0.15, -0.1) is 11.3 Å². The molecule has 172 valence electrons. The fraction of sp³-hybridized carbons (Fsp3) is 0.526. The van der Waals surface area contributed by atoms with Gasteiger partial charge in [-0.2, -0.15) is 4.31 Å². The molecular formula is C19H27F2N5O3S2. The number of carbonyl (C=O) groups is 1. The summed E-state index contributed by atoms with van der Waals surface area (Å²) in [6, 6.07) is -0.699. The number of carbonyl (C=O) groups excluding carboxylic acids is 1. The van der Waals surface area contributed by atoms with Crippen molar-refractivity contribution in [3.63, 3.8) is 0 Å². The van der Waals surface area contributed by atoms with Gasteiger partial charge in [0.2, 0.25) is 16.0 Å². The van der Waals surface area contributed by atoms with E-state index in [0.717, 1.165) is 21.6 Å². The molecule has 2 aliphatic heterocycles. The first-order valence-corrected chi connectivity index (χ1v) is 12.4. The zero-order chi connectivity index (χ0) is 22.7. The summed E-state index contributed by atoms with van der Waals surface area (Å²) in [5, 5.41) is 5.78. The average molecular weight is 476 g/mol. The van der Waals surface area contributed by atoms with Crippen LogP contribution in [0.5, 0.6) is 0 Å². The van der Waals surface area contributed by atoms with E-state index in [0.29, 0.717) is 16.0 Å². The summed E-state index contributed by atoms with van der Waals surface area (Å²) in [4.78, 5) is 21.9. The molecular weight excluding hydrogens is 448 g/mol. The van der Waals surface area contributed by atoms with Gasteiger partial charge < -0.3 is 10.6 Å². The molecule has 8 nitrogen and oxygen atoms in total. The van der Waals surface area contributed by atoms with Crippen LogP contribution < -0.4 is 10.6 Å². The zero-order valence-electron chi connectivity index (χ0n) is 17.5. The van der Waals surface area contributed by atoms with Gasteiger partial charge >= 0.3 is 0 Å². The average Bonchev–Trinajstić information content (AvgIpc) is 3.12. The molecule has 4 rings (SSSR count). The van der Waals surface area contributed by atoms with Crippen LogP contribution in [-0.2, 0) is 15.6 Å². The lowest BCUT2D eigenvalue weighted by Crippen LogP contribution is -2.49. The molecule has 2 aromatic heterocycles. The highest BCUT2D eigenvalue weighted by Crippen LogP contribution is 2.44. The Kier molecular flexibility index (Phi) is 5.30. The Bertz CT molecular complexity index is 1180. The number of thiophene rings is 1. The number of amides is 1. The van der Waals surface area contributed by atoms with Crippen molar-refractivity contribution in [2.24, 2.45) is 0 Å². The molecule has 2 aliphatic rings. The number of halogens is 2. The van der Waals surface area contributed by atoms with Crippen molar-refractivity contribution >= 4 is 33.2 Å². The molecule has 1 amide bonds. The molecule has 1 saturated heterocycles. The van der Waals surface area contributed by atoms with Crippen molar-refractivity contribution < 1.29 is 24.8 Å². The smallest absolute Gasteiger partial charge is 0.253 e. The number of sulfonamides is 1. The molecule has 0 radical (unpaired) electrons. The van der Waals surface area contributed by atoms with E-state index >= 15 is 0 Å². The highest BCUT2D eigenvalue weighted by atomic mass is 32.2. The SMILES string of the molecule is Cc1c(-c2nc(N[C@H]3CCN(S(C)(=O)=O)C[C@H]3F)ncc2F)sc2c1C(=O)NC2(C)C.[HH].[HH]. The van der Waals surface area contributed by atoms with E-state index in [1.165, 1.54) is 11.3 Å². The summed E-state index contributed by atoms with van der Waals surface area (Å²) >= 11 is 1.30. The monoisotopic (exact) mass is 475 g/mol. The van der Waals surface area contributed by atoms with Crippen molar-refractivity contribution in [1.82, 2.24) is 19.6 Å². The number of nitrogens with zero attached hydrogens (tertiary/aromatic N) is 3. The van der Waals surface area contributed by atoms with Crippen LogP contribution in [0.15, 0.2) is 6.20 Å². The minimum absolute atomic E-state index is 0. The summed E-state index contributed by atoms with van der Waals surface area (Å²) in [5.41, 5.74) is 0.660. The topological polar surface area (TPSA) is 104 Å². The van der Waals surface area contributed by atoms with Crippen molar-refractivity contribution in [2.75, 3.05) is 24.7 Å². The minimum atomic E-state index is -3.47. The van der Waals surface area contributed by atoms with E-state index in [2.05, 4.69) is 20.6 Å². The normalized spacial score (nSPS) is 23.5. The van der Waals surface area contributed by atoms with Crippen LogP contribution in [0.3, 0.4) is 0 Å².